The molecule has 9 heteroatoms. The van der Waals surface area contributed by atoms with E-state index in [-0.39, 0.29) is 21.7 Å². The van der Waals surface area contributed by atoms with Gasteiger partial charge in [-0.3, -0.25) is 0 Å². The number of primary sulfonamides is 1. The van der Waals surface area contributed by atoms with Gasteiger partial charge in [0.2, 0.25) is 10.0 Å². The van der Waals surface area contributed by atoms with Gasteiger partial charge in [0.05, 0.1) is 26.7 Å². The molecule has 0 saturated heterocycles. The highest BCUT2D eigenvalue weighted by Gasteiger charge is 2.27. The predicted molar refractivity (Wildman–Crippen MR) is 78.0 cm³/mol. The lowest BCUT2D eigenvalue weighted by atomic mass is 10.2. The number of hydrogen-bond donors (Lipinski definition) is 1. The standard InChI is InChI=1S/C11H12Cl3NO4S/c1-3-5(2)19-11(16)8-9(13)6(12)4-7(10(8)14)20(15,17)18/h4-5H,3H2,1-2H3,(H2,15,17,18). The molecule has 0 aromatic heterocycles. The Morgan fingerprint density at radius 3 is 2.35 bits per heavy atom. The molecule has 0 bridgehead atoms. The minimum atomic E-state index is -4.15. The number of hydrogen-bond acceptors (Lipinski definition) is 4. The van der Waals surface area contributed by atoms with Gasteiger partial charge in [0.25, 0.3) is 0 Å². The average Bonchev–Trinajstić information content (AvgIpc) is 2.32. The molecule has 1 unspecified atom stereocenters. The predicted octanol–water partition coefficient (Wildman–Crippen LogP) is 3.25. The number of esters is 1. The molecule has 1 rings (SSSR count). The van der Waals surface area contributed by atoms with Gasteiger partial charge in [-0.1, -0.05) is 41.7 Å². The van der Waals surface area contributed by atoms with Crippen molar-refractivity contribution in [2.45, 2.75) is 31.3 Å². The van der Waals surface area contributed by atoms with Crippen LogP contribution in [-0.2, 0) is 14.8 Å². The Morgan fingerprint density at radius 2 is 1.90 bits per heavy atom. The van der Waals surface area contributed by atoms with Crippen molar-refractivity contribution in [2.75, 3.05) is 0 Å². The minimum absolute atomic E-state index is 0.156. The zero-order valence-electron chi connectivity index (χ0n) is 10.6. The van der Waals surface area contributed by atoms with Crippen molar-refractivity contribution in [3.05, 3.63) is 26.7 Å². The Bertz CT molecular complexity index is 646. The first-order valence-electron chi connectivity index (χ1n) is 5.50. The van der Waals surface area contributed by atoms with E-state index in [1.54, 1.807) is 6.92 Å². The normalized spacial score (nSPS) is 13.1. The summed E-state index contributed by atoms with van der Waals surface area (Å²) in [6.45, 7) is 3.49. The first-order chi connectivity index (χ1) is 9.09. The lowest BCUT2D eigenvalue weighted by molar-refractivity contribution is 0.0334. The molecular formula is C11H12Cl3NO4S. The van der Waals surface area contributed by atoms with Crippen molar-refractivity contribution in [2.24, 2.45) is 5.14 Å². The van der Waals surface area contributed by atoms with Crippen LogP contribution in [0, 0.1) is 0 Å². The zero-order valence-corrected chi connectivity index (χ0v) is 13.7. The van der Waals surface area contributed by atoms with Gasteiger partial charge in [-0.05, 0) is 19.4 Å². The van der Waals surface area contributed by atoms with E-state index in [2.05, 4.69) is 0 Å². The monoisotopic (exact) mass is 359 g/mol. The van der Waals surface area contributed by atoms with E-state index in [9.17, 15) is 13.2 Å². The van der Waals surface area contributed by atoms with Crippen LogP contribution in [0.5, 0.6) is 0 Å². The fraction of sp³-hybridized carbons (Fsp3) is 0.364. The van der Waals surface area contributed by atoms with Gasteiger partial charge in [-0.15, -0.1) is 0 Å². The van der Waals surface area contributed by atoms with Crippen molar-refractivity contribution >= 4 is 50.8 Å². The van der Waals surface area contributed by atoms with Gasteiger partial charge < -0.3 is 4.74 Å². The molecule has 112 valence electrons. The second-order valence-corrected chi connectivity index (χ2v) is 6.72. The number of nitrogens with two attached hydrogens (primary N) is 1. The zero-order chi connectivity index (χ0) is 15.7. The van der Waals surface area contributed by atoms with E-state index in [1.165, 1.54) is 0 Å². The largest absolute Gasteiger partial charge is 0.459 e. The van der Waals surface area contributed by atoms with Gasteiger partial charge in [-0.2, -0.15) is 0 Å². The number of carbonyl (C=O) groups excluding carboxylic acids is 1. The Morgan fingerprint density at radius 1 is 1.35 bits per heavy atom. The van der Waals surface area contributed by atoms with Crippen LogP contribution in [0.25, 0.3) is 0 Å². The summed E-state index contributed by atoms with van der Waals surface area (Å²) in [5.41, 5.74) is -0.315. The molecule has 0 aliphatic rings. The lowest BCUT2D eigenvalue weighted by Gasteiger charge is -2.14. The maximum Gasteiger partial charge on any atom is 0.341 e. The van der Waals surface area contributed by atoms with Crippen LogP contribution >= 0.6 is 34.8 Å². The van der Waals surface area contributed by atoms with E-state index in [1.807, 2.05) is 6.92 Å². The van der Waals surface area contributed by atoms with E-state index >= 15 is 0 Å². The summed E-state index contributed by atoms with van der Waals surface area (Å²) in [5, 5.41) is 4.26. The molecule has 0 spiro atoms. The number of benzene rings is 1. The smallest absolute Gasteiger partial charge is 0.341 e. The van der Waals surface area contributed by atoms with Crippen molar-refractivity contribution in [1.29, 1.82) is 0 Å². The third kappa shape index (κ3) is 3.77. The lowest BCUT2D eigenvalue weighted by Crippen LogP contribution is -2.18. The van der Waals surface area contributed by atoms with Gasteiger partial charge >= 0.3 is 5.97 Å². The molecule has 0 aliphatic heterocycles. The van der Waals surface area contributed by atoms with E-state index < -0.39 is 25.9 Å². The van der Waals surface area contributed by atoms with Gasteiger partial charge in [0.15, 0.2) is 0 Å². The minimum Gasteiger partial charge on any atom is -0.459 e. The van der Waals surface area contributed by atoms with E-state index in [0.717, 1.165) is 6.07 Å². The van der Waals surface area contributed by atoms with Crippen molar-refractivity contribution in [1.82, 2.24) is 0 Å². The second kappa shape index (κ2) is 6.49. The maximum absolute atomic E-state index is 12.0. The molecule has 0 saturated carbocycles. The van der Waals surface area contributed by atoms with Gasteiger partial charge in [-0.25, -0.2) is 18.4 Å². The molecule has 1 aromatic carbocycles. The van der Waals surface area contributed by atoms with Crippen LogP contribution in [-0.4, -0.2) is 20.5 Å². The number of halogens is 3. The maximum atomic E-state index is 12.0. The molecule has 0 fully saturated rings. The highest BCUT2D eigenvalue weighted by atomic mass is 35.5. The van der Waals surface area contributed by atoms with Crippen LogP contribution in [0.4, 0.5) is 0 Å². The third-order valence-corrected chi connectivity index (χ3v) is 4.74. The summed E-state index contributed by atoms with van der Waals surface area (Å²) in [6.07, 6.45) is 0.190. The SMILES string of the molecule is CCC(C)OC(=O)c1c(Cl)c(Cl)cc(S(N)(=O)=O)c1Cl. The Labute approximate surface area is 132 Å². The van der Waals surface area contributed by atoms with Crippen LogP contribution in [0.3, 0.4) is 0 Å². The molecule has 0 heterocycles. The average molecular weight is 361 g/mol. The van der Waals surface area contributed by atoms with Crippen molar-refractivity contribution < 1.29 is 17.9 Å². The third-order valence-electron chi connectivity index (χ3n) is 2.52. The van der Waals surface area contributed by atoms with Crippen LogP contribution in [0.2, 0.25) is 15.1 Å². The molecule has 0 aliphatic carbocycles. The second-order valence-electron chi connectivity index (χ2n) is 4.03. The van der Waals surface area contributed by atoms with Crippen molar-refractivity contribution in [3.63, 3.8) is 0 Å². The molecule has 1 atom stereocenters. The fourth-order valence-corrected chi connectivity index (χ4v) is 3.02. The summed E-state index contributed by atoms with van der Waals surface area (Å²) in [5.74, 6) is -0.859. The molecule has 0 radical (unpaired) electrons. The first kappa shape index (κ1) is 17.5. The Hall–Kier alpha value is -0.530. The van der Waals surface area contributed by atoms with Crippen LogP contribution < -0.4 is 5.14 Å². The molecular weight excluding hydrogens is 349 g/mol. The van der Waals surface area contributed by atoms with Crippen molar-refractivity contribution in [3.8, 4) is 0 Å². The molecule has 5 nitrogen and oxygen atoms in total. The fourth-order valence-electron chi connectivity index (χ4n) is 1.29. The molecule has 1 aromatic rings. The summed E-state index contributed by atoms with van der Waals surface area (Å²) in [7, 11) is -4.15. The molecule has 2 N–H and O–H groups in total. The Kier molecular flexibility index (Phi) is 5.69. The molecule has 20 heavy (non-hydrogen) atoms. The number of rotatable bonds is 4. The Balaban J connectivity index is 3.47. The molecule has 0 amide bonds. The summed E-state index contributed by atoms with van der Waals surface area (Å²) >= 11 is 17.6. The van der Waals surface area contributed by atoms with E-state index in [0.29, 0.717) is 6.42 Å². The number of sulfonamides is 1. The van der Waals surface area contributed by atoms with Gasteiger partial charge in [0, 0.05) is 0 Å². The highest BCUT2D eigenvalue weighted by molar-refractivity contribution is 7.89. The summed E-state index contributed by atoms with van der Waals surface area (Å²) < 4.78 is 27.9. The van der Waals surface area contributed by atoms with Crippen LogP contribution in [0.1, 0.15) is 30.6 Å². The first-order valence-corrected chi connectivity index (χ1v) is 8.18. The highest BCUT2D eigenvalue weighted by Crippen LogP contribution is 2.36. The summed E-state index contributed by atoms with van der Waals surface area (Å²) in [6, 6.07) is 0.988. The quantitative estimate of drug-likeness (QED) is 0.659. The van der Waals surface area contributed by atoms with Crippen LogP contribution in [0.15, 0.2) is 11.0 Å². The van der Waals surface area contributed by atoms with E-state index in [4.69, 9.17) is 44.7 Å². The number of ether oxygens (including phenoxy) is 1. The topological polar surface area (TPSA) is 86.5 Å². The summed E-state index contributed by atoms with van der Waals surface area (Å²) in [4.78, 5) is 11.5. The number of carbonyl (C=O) groups is 1. The van der Waals surface area contributed by atoms with Gasteiger partial charge in [0.1, 0.15) is 4.90 Å².